The molecule has 4 heteroatoms. The summed E-state index contributed by atoms with van der Waals surface area (Å²) in [5.74, 6) is 0. The number of hydrogen-bond donors (Lipinski definition) is 3. The molecule has 126 valence electrons. The number of carbonyl (C=O) groups excluding carboxylic acids is 1. The van der Waals surface area contributed by atoms with Crippen LogP contribution in [0.4, 0.5) is 16.2 Å². The molecule has 1 aliphatic rings. The first kappa shape index (κ1) is 15.7. The zero-order valence-electron chi connectivity index (χ0n) is 14.0. The maximum absolute atomic E-state index is 12.3. The Morgan fingerprint density at radius 3 is 2.28 bits per heavy atom. The van der Waals surface area contributed by atoms with E-state index in [-0.39, 0.29) is 6.03 Å². The van der Waals surface area contributed by atoms with Gasteiger partial charge in [-0.25, -0.2) is 4.79 Å². The molecular formula is C21H21N3O. The summed E-state index contributed by atoms with van der Waals surface area (Å²) in [4.78, 5) is 12.3. The molecule has 2 amide bonds. The highest BCUT2D eigenvalue weighted by molar-refractivity contribution is 6.01. The predicted octanol–water partition coefficient (Wildman–Crippen LogP) is 4.17. The van der Waals surface area contributed by atoms with Gasteiger partial charge in [-0.05, 0) is 72.1 Å². The Hall–Kier alpha value is -2.85. The van der Waals surface area contributed by atoms with Crippen LogP contribution in [-0.4, -0.2) is 19.1 Å². The number of nitrogens with one attached hydrogen (secondary N) is 3. The molecule has 0 radical (unpaired) electrons. The van der Waals surface area contributed by atoms with E-state index in [1.165, 1.54) is 11.1 Å². The third-order valence-electron chi connectivity index (χ3n) is 4.61. The second-order valence-electron chi connectivity index (χ2n) is 6.37. The van der Waals surface area contributed by atoms with Crippen LogP contribution in [0.25, 0.3) is 10.8 Å². The van der Waals surface area contributed by atoms with Crippen LogP contribution in [-0.2, 0) is 12.8 Å². The highest BCUT2D eigenvalue weighted by Crippen LogP contribution is 2.21. The molecule has 0 spiro atoms. The lowest BCUT2D eigenvalue weighted by molar-refractivity contribution is 0.262. The fourth-order valence-electron chi connectivity index (χ4n) is 3.31. The number of anilines is 2. The quantitative estimate of drug-likeness (QED) is 0.660. The maximum Gasteiger partial charge on any atom is 0.323 e. The van der Waals surface area contributed by atoms with Gasteiger partial charge in [0.1, 0.15) is 0 Å². The van der Waals surface area contributed by atoms with Crippen molar-refractivity contribution in [3.8, 4) is 0 Å². The molecule has 25 heavy (non-hydrogen) atoms. The van der Waals surface area contributed by atoms with Gasteiger partial charge in [0, 0.05) is 11.4 Å². The third kappa shape index (κ3) is 3.64. The van der Waals surface area contributed by atoms with Gasteiger partial charge < -0.3 is 16.0 Å². The fourth-order valence-corrected chi connectivity index (χ4v) is 3.31. The second kappa shape index (κ2) is 6.95. The summed E-state index contributed by atoms with van der Waals surface area (Å²) >= 11 is 0. The van der Waals surface area contributed by atoms with Crippen LogP contribution < -0.4 is 16.0 Å². The van der Waals surface area contributed by atoms with Crippen molar-refractivity contribution in [2.75, 3.05) is 23.7 Å². The van der Waals surface area contributed by atoms with Gasteiger partial charge >= 0.3 is 6.03 Å². The monoisotopic (exact) mass is 331 g/mol. The van der Waals surface area contributed by atoms with Crippen LogP contribution in [0.5, 0.6) is 0 Å². The zero-order valence-corrected chi connectivity index (χ0v) is 14.0. The lowest BCUT2D eigenvalue weighted by Gasteiger charge is -2.11. The summed E-state index contributed by atoms with van der Waals surface area (Å²) in [6, 6.07) is 20.0. The van der Waals surface area contributed by atoms with E-state index in [1.807, 2.05) is 42.5 Å². The summed E-state index contributed by atoms with van der Waals surface area (Å²) in [5, 5.41) is 11.5. The van der Waals surface area contributed by atoms with Gasteiger partial charge in [0.25, 0.3) is 0 Å². The highest BCUT2D eigenvalue weighted by atomic mass is 16.2. The Bertz CT molecular complexity index is 920. The molecule has 0 unspecified atom stereocenters. The zero-order chi connectivity index (χ0) is 17.1. The molecule has 0 fully saturated rings. The van der Waals surface area contributed by atoms with Crippen molar-refractivity contribution >= 4 is 28.2 Å². The minimum atomic E-state index is -0.220. The van der Waals surface area contributed by atoms with E-state index in [0.717, 1.165) is 48.1 Å². The molecule has 0 bridgehead atoms. The molecule has 0 aromatic heterocycles. The summed E-state index contributed by atoms with van der Waals surface area (Å²) < 4.78 is 0. The molecule has 4 rings (SSSR count). The minimum absolute atomic E-state index is 0.220. The Balaban J connectivity index is 1.47. The van der Waals surface area contributed by atoms with Crippen molar-refractivity contribution in [2.24, 2.45) is 0 Å². The number of rotatable bonds is 2. The maximum atomic E-state index is 12.3. The summed E-state index contributed by atoms with van der Waals surface area (Å²) in [6.07, 6.45) is 2.04. The Morgan fingerprint density at radius 1 is 0.760 bits per heavy atom. The van der Waals surface area contributed by atoms with Gasteiger partial charge in [0.2, 0.25) is 0 Å². The van der Waals surface area contributed by atoms with Crippen molar-refractivity contribution in [1.29, 1.82) is 0 Å². The van der Waals surface area contributed by atoms with Crippen LogP contribution in [0.3, 0.4) is 0 Å². The first-order chi connectivity index (χ1) is 12.3. The fraction of sp³-hybridized carbons (Fsp3) is 0.190. The van der Waals surface area contributed by atoms with Gasteiger partial charge in [-0.15, -0.1) is 0 Å². The molecule has 1 aliphatic heterocycles. The molecule has 0 atom stereocenters. The number of hydrogen-bond acceptors (Lipinski definition) is 2. The average Bonchev–Trinajstić information content (AvgIpc) is 2.86. The van der Waals surface area contributed by atoms with E-state index in [0.29, 0.717) is 0 Å². The van der Waals surface area contributed by atoms with Crippen LogP contribution in [0.15, 0.2) is 60.7 Å². The van der Waals surface area contributed by atoms with Crippen molar-refractivity contribution in [3.63, 3.8) is 0 Å². The molecule has 0 aliphatic carbocycles. The molecule has 0 saturated carbocycles. The second-order valence-corrected chi connectivity index (χ2v) is 6.37. The van der Waals surface area contributed by atoms with Gasteiger partial charge in [0.15, 0.2) is 0 Å². The van der Waals surface area contributed by atoms with E-state index in [2.05, 4.69) is 34.1 Å². The van der Waals surface area contributed by atoms with E-state index >= 15 is 0 Å². The minimum Gasteiger partial charge on any atom is -0.316 e. The van der Waals surface area contributed by atoms with Gasteiger partial charge in [-0.1, -0.05) is 36.4 Å². The van der Waals surface area contributed by atoms with Crippen LogP contribution in [0, 0.1) is 0 Å². The summed E-state index contributed by atoms with van der Waals surface area (Å²) in [7, 11) is 0. The SMILES string of the molecule is O=C(Nc1ccc2c(c1)CCNCC2)Nc1ccc2ccccc2c1. The van der Waals surface area contributed by atoms with Crippen molar-refractivity contribution in [3.05, 3.63) is 71.8 Å². The first-order valence-corrected chi connectivity index (χ1v) is 8.67. The molecule has 0 saturated heterocycles. The molecular weight excluding hydrogens is 310 g/mol. The van der Waals surface area contributed by atoms with Gasteiger partial charge in [-0.2, -0.15) is 0 Å². The highest BCUT2D eigenvalue weighted by Gasteiger charge is 2.09. The normalized spacial score (nSPS) is 13.8. The van der Waals surface area contributed by atoms with E-state index < -0.39 is 0 Å². The molecule has 3 N–H and O–H groups in total. The Morgan fingerprint density at radius 2 is 1.44 bits per heavy atom. The molecule has 3 aromatic rings. The van der Waals surface area contributed by atoms with E-state index in [4.69, 9.17) is 0 Å². The van der Waals surface area contributed by atoms with Crippen LogP contribution in [0.1, 0.15) is 11.1 Å². The molecule has 3 aromatic carbocycles. The Kier molecular flexibility index (Phi) is 4.36. The van der Waals surface area contributed by atoms with Crippen LogP contribution >= 0.6 is 0 Å². The van der Waals surface area contributed by atoms with Crippen molar-refractivity contribution in [2.45, 2.75) is 12.8 Å². The predicted molar refractivity (Wildman–Crippen MR) is 103 cm³/mol. The number of fused-ring (bicyclic) bond motifs is 2. The number of carbonyl (C=O) groups is 1. The Labute approximate surface area is 147 Å². The smallest absolute Gasteiger partial charge is 0.316 e. The number of amides is 2. The van der Waals surface area contributed by atoms with E-state index in [1.54, 1.807) is 0 Å². The molecule has 1 heterocycles. The van der Waals surface area contributed by atoms with Crippen LogP contribution in [0.2, 0.25) is 0 Å². The van der Waals surface area contributed by atoms with Gasteiger partial charge in [-0.3, -0.25) is 0 Å². The lowest BCUT2D eigenvalue weighted by Crippen LogP contribution is -2.19. The average molecular weight is 331 g/mol. The molecule has 4 nitrogen and oxygen atoms in total. The summed E-state index contributed by atoms with van der Waals surface area (Å²) in [6.45, 7) is 2.00. The topological polar surface area (TPSA) is 53.2 Å². The van der Waals surface area contributed by atoms with Gasteiger partial charge in [0.05, 0.1) is 0 Å². The third-order valence-corrected chi connectivity index (χ3v) is 4.61. The van der Waals surface area contributed by atoms with Crippen molar-refractivity contribution < 1.29 is 4.79 Å². The van der Waals surface area contributed by atoms with E-state index in [9.17, 15) is 4.79 Å². The summed E-state index contributed by atoms with van der Waals surface area (Å²) in [5.41, 5.74) is 4.30. The number of urea groups is 1. The number of benzene rings is 3. The van der Waals surface area contributed by atoms with Crippen molar-refractivity contribution in [1.82, 2.24) is 5.32 Å². The standard InChI is InChI=1S/C21H21N3O/c25-21(23-19-7-5-15-3-1-2-4-17(15)13-19)24-20-8-6-16-9-11-22-12-10-18(16)14-20/h1-8,13-14,22H,9-12H2,(H2,23,24,25). The lowest BCUT2D eigenvalue weighted by atomic mass is 10.0. The first-order valence-electron chi connectivity index (χ1n) is 8.67. The largest absolute Gasteiger partial charge is 0.323 e.